The second-order valence-corrected chi connectivity index (χ2v) is 7.38. The molecule has 0 aromatic heterocycles. The highest BCUT2D eigenvalue weighted by Gasteiger charge is 2.69. The molecule has 21 heavy (non-hydrogen) atoms. The van der Waals surface area contributed by atoms with E-state index in [1.807, 2.05) is 13.8 Å². The van der Waals surface area contributed by atoms with Crippen molar-refractivity contribution in [2.75, 3.05) is 0 Å². The van der Waals surface area contributed by atoms with E-state index in [9.17, 15) is 0 Å². The maximum atomic E-state index is 9.15. The molecule has 0 amide bonds. The number of ether oxygens (including phenoxy) is 2. The Bertz CT molecular complexity index is 430. The molecule has 0 aromatic carbocycles. The molecule has 5 aliphatic rings. The number of hydrogen-bond donors (Lipinski definition) is 1. The molecule has 1 N–H and O–H groups in total. The van der Waals surface area contributed by atoms with Gasteiger partial charge < -0.3 is 9.47 Å². The van der Waals surface area contributed by atoms with Crippen LogP contribution in [0.3, 0.4) is 0 Å². The Morgan fingerprint density at radius 1 is 1.10 bits per heavy atom. The average Bonchev–Trinajstić information content (AvgIpc) is 2.69. The van der Waals surface area contributed by atoms with Crippen molar-refractivity contribution in [1.82, 2.24) is 0 Å². The van der Waals surface area contributed by atoms with Crippen molar-refractivity contribution < 1.29 is 29.4 Å². The molecule has 1 unspecified atom stereocenters. The van der Waals surface area contributed by atoms with Gasteiger partial charge in [-0.2, -0.15) is 0 Å². The topological polar surface area (TPSA) is 66.4 Å². The lowest BCUT2D eigenvalue weighted by atomic mass is 9.58. The van der Waals surface area contributed by atoms with E-state index < -0.39 is 24.0 Å². The molecule has 5 rings (SSSR count). The van der Waals surface area contributed by atoms with E-state index in [2.05, 4.69) is 11.8 Å². The van der Waals surface area contributed by atoms with Gasteiger partial charge in [0.1, 0.15) is 0 Å². The van der Waals surface area contributed by atoms with Crippen molar-refractivity contribution >= 4 is 0 Å². The van der Waals surface area contributed by atoms with Crippen LogP contribution in [0.15, 0.2) is 0 Å². The number of rotatable bonds is 1. The maximum absolute atomic E-state index is 9.15. The molecule has 8 atom stereocenters. The third-order valence-electron chi connectivity index (χ3n) is 6.20. The molecule has 6 nitrogen and oxygen atoms in total. The minimum atomic E-state index is -0.780. The largest absolute Gasteiger partial charge is 0.317 e. The molecule has 5 fully saturated rings. The summed E-state index contributed by atoms with van der Waals surface area (Å²) in [5.74, 6) is 0.317. The zero-order valence-corrected chi connectivity index (χ0v) is 12.8. The third-order valence-corrected chi connectivity index (χ3v) is 6.20. The van der Waals surface area contributed by atoms with Gasteiger partial charge in [0.15, 0.2) is 18.2 Å². The van der Waals surface area contributed by atoms with E-state index in [0.29, 0.717) is 11.8 Å². The van der Waals surface area contributed by atoms with Gasteiger partial charge in [0, 0.05) is 18.3 Å². The lowest BCUT2D eigenvalue weighted by Crippen LogP contribution is -2.70. The first-order valence-electron chi connectivity index (χ1n) is 8.00. The van der Waals surface area contributed by atoms with Crippen LogP contribution >= 0.6 is 0 Å². The van der Waals surface area contributed by atoms with Crippen LogP contribution in [0.1, 0.15) is 46.5 Å². The Kier molecular flexibility index (Phi) is 3.17. The van der Waals surface area contributed by atoms with Crippen LogP contribution in [0.2, 0.25) is 0 Å². The van der Waals surface area contributed by atoms with Gasteiger partial charge >= 0.3 is 0 Å². The molecule has 1 aliphatic carbocycles. The van der Waals surface area contributed by atoms with Crippen molar-refractivity contribution in [2.24, 2.45) is 23.7 Å². The van der Waals surface area contributed by atoms with Crippen LogP contribution in [0.25, 0.3) is 0 Å². The molecule has 1 spiro atoms. The molecule has 1 saturated carbocycles. The van der Waals surface area contributed by atoms with Crippen LogP contribution in [-0.2, 0) is 24.1 Å². The maximum Gasteiger partial charge on any atom is 0.201 e. The predicted octanol–water partition coefficient (Wildman–Crippen LogP) is 2.68. The van der Waals surface area contributed by atoms with E-state index in [4.69, 9.17) is 24.5 Å². The Balaban J connectivity index is 1.79. The zero-order chi connectivity index (χ0) is 14.8. The monoisotopic (exact) mass is 300 g/mol. The Labute approximate surface area is 124 Å². The highest BCUT2D eigenvalue weighted by atomic mass is 17.3. The molecular formula is C15H24O6. The summed E-state index contributed by atoms with van der Waals surface area (Å²) in [5.41, 5.74) is -0.581. The summed E-state index contributed by atoms with van der Waals surface area (Å²) in [6, 6.07) is 0. The van der Waals surface area contributed by atoms with E-state index in [-0.39, 0.29) is 11.8 Å². The van der Waals surface area contributed by atoms with Gasteiger partial charge in [-0.3, -0.25) is 0 Å². The molecule has 4 saturated heterocycles. The van der Waals surface area contributed by atoms with Crippen molar-refractivity contribution in [1.29, 1.82) is 0 Å². The summed E-state index contributed by atoms with van der Waals surface area (Å²) in [7, 11) is 0. The summed E-state index contributed by atoms with van der Waals surface area (Å²) in [6.45, 7) is 6.19. The van der Waals surface area contributed by atoms with Gasteiger partial charge in [-0.15, -0.1) is 0 Å². The second-order valence-electron chi connectivity index (χ2n) is 7.38. The summed E-state index contributed by atoms with van der Waals surface area (Å²) in [4.78, 5) is 16.2. The molecule has 0 aromatic rings. The normalized spacial score (nSPS) is 59.4. The SMILES string of the molecule is C[C@@H]1CC[C@H]2[C@@H](C)C(OO)O[C@@H]3O[C@@]4(C)CC[C@@H]1[C@]32OO4. The first-order valence-corrected chi connectivity index (χ1v) is 8.00. The summed E-state index contributed by atoms with van der Waals surface area (Å²) in [5, 5.41) is 9.15. The van der Waals surface area contributed by atoms with E-state index in [1.54, 1.807) is 0 Å². The molecule has 0 radical (unpaired) electrons. The zero-order valence-electron chi connectivity index (χ0n) is 12.8. The first-order chi connectivity index (χ1) is 10.00. The van der Waals surface area contributed by atoms with Crippen molar-refractivity contribution in [3.05, 3.63) is 0 Å². The summed E-state index contributed by atoms with van der Waals surface area (Å²) in [6.07, 6.45) is 2.71. The van der Waals surface area contributed by atoms with Gasteiger partial charge in [-0.1, -0.05) is 13.8 Å². The van der Waals surface area contributed by atoms with Gasteiger partial charge in [-0.05, 0) is 38.0 Å². The van der Waals surface area contributed by atoms with E-state index in [0.717, 1.165) is 25.7 Å². The highest BCUT2D eigenvalue weighted by Crippen LogP contribution is 2.60. The van der Waals surface area contributed by atoms with Gasteiger partial charge in [0.05, 0.1) is 0 Å². The Morgan fingerprint density at radius 2 is 1.90 bits per heavy atom. The van der Waals surface area contributed by atoms with Crippen molar-refractivity contribution in [2.45, 2.75) is 70.4 Å². The van der Waals surface area contributed by atoms with Crippen molar-refractivity contribution in [3.63, 3.8) is 0 Å². The minimum Gasteiger partial charge on any atom is -0.317 e. The first kappa shape index (κ1) is 14.4. The fraction of sp³-hybridized carbons (Fsp3) is 1.00. The fourth-order valence-corrected chi connectivity index (χ4v) is 4.99. The molecule has 2 bridgehead atoms. The van der Waals surface area contributed by atoms with E-state index in [1.165, 1.54) is 0 Å². The smallest absolute Gasteiger partial charge is 0.201 e. The van der Waals surface area contributed by atoms with Crippen LogP contribution < -0.4 is 0 Å². The Hall–Kier alpha value is -0.240. The van der Waals surface area contributed by atoms with Crippen LogP contribution in [0.4, 0.5) is 0 Å². The second kappa shape index (κ2) is 4.63. The van der Waals surface area contributed by atoms with Crippen LogP contribution in [0, 0.1) is 23.7 Å². The number of hydrogen-bond acceptors (Lipinski definition) is 6. The molecule has 4 heterocycles. The summed E-state index contributed by atoms with van der Waals surface area (Å²) >= 11 is 0. The Morgan fingerprint density at radius 3 is 2.67 bits per heavy atom. The van der Waals surface area contributed by atoms with E-state index >= 15 is 0 Å². The van der Waals surface area contributed by atoms with Crippen molar-refractivity contribution in [3.8, 4) is 0 Å². The fourth-order valence-electron chi connectivity index (χ4n) is 4.99. The number of fused-ring (bicyclic) bond motifs is 2. The van der Waals surface area contributed by atoms with Gasteiger partial charge in [0.25, 0.3) is 0 Å². The predicted molar refractivity (Wildman–Crippen MR) is 70.5 cm³/mol. The minimum absolute atomic E-state index is 0.0240. The average molecular weight is 300 g/mol. The lowest BCUT2D eigenvalue weighted by Gasteiger charge is -2.59. The van der Waals surface area contributed by atoms with Gasteiger partial charge in [-0.25, -0.2) is 19.9 Å². The molecule has 4 aliphatic heterocycles. The quantitative estimate of drug-likeness (QED) is 0.593. The van der Waals surface area contributed by atoms with Crippen LogP contribution in [-0.4, -0.2) is 29.2 Å². The summed E-state index contributed by atoms with van der Waals surface area (Å²) < 4.78 is 12.0. The highest BCUT2D eigenvalue weighted by molar-refractivity contribution is 5.08. The lowest BCUT2D eigenvalue weighted by molar-refractivity contribution is -0.584. The molecule has 6 heteroatoms. The molecular weight excluding hydrogens is 276 g/mol. The van der Waals surface area contributed by atoms with Crippen LogP contribution in [0.5, 0.6) is 0 Å². The third kappa shape index (κ3) is 1.81. The molecule has 120 valence electrons. The van der Waals surface area contributed by atoms with Gasteiger partial charge in [0.2, 0.25) is 5.79 Å². The standard InChI is InChI=1S/C15H24O6/c1-8-4-5-11-9(2)12(19-16)17-13-15(11)10(8)6-7-14(3,18-13)20-21-15/h8-13,16H,4-7H2,1-3H3/t8-,9-,10+,11+,12?,13-,14-,15-/m1/s1.